The number of nitrogens with zero attached hydrogens (tertiary/aromatic N) is 1. The minimum absolute atomic E-state index is 0.139. The first kappa shape index (κ1) is 15.5. The molecule has 4 nitrogen and oxygen atoms in total. The molecular weight excluding hydrogens is 332 g/mol. The van der Waals surface area contributed by atoms with Gasteiger partial charge in [-0.25, -0.2) is 0 Å². The molecule has 0 atom stereocenters. The maximum absolute atomic E-state index is 12.5. The summed E-state index contributed by atoms with van der Waals surface area (Å²) in [6, 6.07) is 14.0. The summed E-state index contributed by atoms with van der Waals surface area (Å²) in [7, 11) is 0. The van der Waals surface area contributed by atoms with Crippen molar-refractivity contribution in [2.45, 2.75) is 6.54 Å². The summed E-state index contributed by atoms with van der Waals surface area (Å²) in [5.74, 6) is -0.0847. The fourth-order valence-electron chi connectivity index (χ4n) is 2.29. The van der Waals surface area contributed by atoms with Crippen molar-refractivity contribution < 1.29 is 9.90 Å². The molecule has 0 radical (unpaired) electrons. The van der Waals surface area contributed by atoms with Crippen molar-refractivity contribution in [3.63, 3.8) is 0 Å². The van der Waals surface area contributed by atoms with E-state index in [0.29, 0.717) is 27.9 Å². The van der Waals surface area contributed by atoms with Crippen molar-refractivity contribution in [2.75, 3.05) is 0 Å². The molecule has 2 aromatic carbocycles. The molecule has 23 heavy (non-hydrogen) atoms. The Kier molecular flexibility index (Phi) is 4.32. The monoisotopic (exact) mass is 344 g/mol. The highest BCUT2D eigenvalue weighted by atomic mass is 35.5. The zero-order valence-corrected chi connectivity index (χ0v) is 13.6. The number of rotatable bonds is 3. The summed E-state index contributed by atoms with van der Waals surface area (Å²) < 4.78 is 0. The summed E-state index contributed by atoms with van der Waals surface area (Å²) in [6.45, 7) is 0.307. The van der Waals surface area contributed by atoms with Crippen LogP contribution in [0.4, 0.5) is 0 Å². The Morgan fingerprint density at radius 2 is 2.00 bits per heavy atom. The molecule has 0 bridgehead atoms. The molecule has 2 N–H and O–H groups in total. The third-order valence-electron chi connectivity index (χ3n) is 3.43. The summed E-state index contributed by atoms with van der Waals surface area (Å²) in [5, 5.41) is 13.3. The number of carbonyl (C=O) groups is 1. The van der Waals surface area contributed by atoms with E-state index >= 15 is 0 Å². The number of phenols is 1. The summed E-state index contributed by atoms with van der Waals surface area (Å²) >= 11 is 11.4. The molecule has 1 amide bonds. The van der Waals surface area contributed by atoms with E-state index in [0.717, 1.165) is 5.56 Å². The van der Waals surface area contributed by atoms with Gasteiger partial charge in [-0.3, -0.25) is 9.69 Å². The van der Waals surface area contributed by atoms with Crippen LogP contribution >= 0.6 is 23.8 Å². The molecule has 6 heteroatoms. The van der Waals surface area contributed by atoms with Gasteiger partial charge in [-0.1, -0.05) is 41.9 Å². The maximum atomic E-state index is 12.5. The standard InChI is InChI=1S/C17H13ClN2O2S/c18-14-7-2-1-5-12(14)10-20-16(22)15(19-17(20)23)9-11-4-3-6-13(21)8-11/h1-9,21H,10H2,(H,19,23)/b15-9+. The summed E-state index contributed by atoms with van der Waals surface area (Å²) in [5.41, 5.74) is 1.90. The lowest BCUT2D eigenvalue weighted by atomic mass is 10.1. The molecule has 1 aliphatic heterocycles. The van der Waals surface area contributed by atoms with Gasteiger partial charge < -0.3 is 10.4 Å². The Morgan fingerprint density at radius 1 is 1.22 bits per heavy atom. The zero-order chi connectivity index (χ0) is 16.4. The van der Waals surface area contributed by atoms with Gasteiger partial charge in [0.1, 0.15) is 11.4 Å². The van der Waals surface area contributed by atoms with Crippen molar-refractivity contribution in [1.29, 1.82) is 0 Å². The Hall–Kier alpha value is -2.37. The number of aromatic hydroxyl groups is 1. The lowest BCUT2D eigenvalue weighted by Gasteiger charge is -2.14. The Morgan fingerprint density at radius 3 is 2.74 bits per heavy atom. The van der Waals surface area contributed by atoms with Crippen molar-refractivity contribution in [3.8, 4) is 5.75 Å². The smallest absolute Gasteiger partial charge is 0.276 e. The molecular formula is C17H13ClN2O2S. The highest BCUT2D eigenvalue weighted by molar-refractivity contribution is 7.80. The molecule has 0 unspecified atom stereocenters. The maximum Gasteiger partial charge on any atom is 0.276 e. The van der Waals surface area contributed by atoms with Crippen LogP contribution in [0.15, 0.2) is 54.2 Å². The molecule has 2 aromatic rings. The Labute approximate surface area is 144 Å². The van der Waals surface area contributed by atoms with Crippen LogP contribution in [0.3, 0.4) is 0 Å². The average Bonchev–Trinajstić information content (AvgIpc) is 2.77. The van der Waals surface area contributed by atoms with Crippen LogP contribution in [-0.2, 0) is 11.3 Å². The first-order valence-electron chi connectivity index (χ1n) is 6.91. The van der Waals surface area contributed by atoms with Crippen LogP contribution in [-0.4, -0.2) is 21.0 Å². The fourth-order valence-corrected chi connectivity index (χ4v) is 2.75. The molecule has 116 valence electrons. The normalized spacial score (nSPS) is 16.0. The van der Waals surface area contributed by atoms with E-state index in [4.69, 9.17) is 23.8 Å². The first-order chi connectivity index (χ1) is 11.0. The van der Waals surface area contributed by atoms with Crippen LogP contribution in [0.1, 0.15) is 11.1 Å². The van der Waals surface area contributed by atoms with Gasteiger partial charge >= 0.3 is 0 Å². The highest BCUT2D eigenvalue weighted by Crippen LogP contribution is 2.22. The van der Waals surface area contributed by atoms with Crippen LogP contribution in [0, 0.1) is 0 Å². The number of amides is 1. The number of hydrogen-bond donors (Lipinski definition) is 2. The van der Waals surface area contributed by atoms with Gasteiger partial charge in [0.25, 0.3) is 5.91 Å². The average molecular weight is 345 g/mol. The Balaban J connectivity index is 1.84. The molecule has 1 saturated heterocycles. The molecule has 0 aromatic heterocycles. The molecule has 0 spiro atoms. The van der Waals surface area contributed by atoms with Gasteiger partial charge in [-0.05, 0) is 47.6 Å². The second kappa shape index (κ2) is 6.40. The molecule has 1 fully saturated rings. The SMILES string of the molecule is O=C1/C(=C\c2cccc(O)c2)NC(=S)N1Cc1ccccc1Cl. The number of hydrogen-bond acceptors (Lipinski definition) is 3. The van der Waals surface area contributed by atoms with Crippen molar-refractivity contribution in [2.24, 2.45) is 0 Å². The second-order valence-electron chi connectivity index (χ2n) is 5.07. The van der Waals surface area contributed by atoms with Gasteiger partial charge in [0.15, 0.2) is 5.11 Å². The number of nitrogens with one attached hydrogen (secondary N) is 1. The minimum Gasteiger partial charge on any atom is -0.508 e. The predicted octanol–water partition coefficient (Wildman–Crippen LogP) is 3.30. The summed E-state index contributed by atoms with van der Waals surface area (Å²) in [4.78, 5) is 14.0. The van der Waals surface area contributed by atoms with E-state index in [2.05, 4.69) is 5.32 Å². The molecule has 1 aliphatic rings. The molecule has 1 heterocycles. The zero-order valence-electron chi connectivity index (χ0n) is 12.0. The second-order valence-corrected chi connectivity index (χ2v) is 5.86. The van der Waals surface area contributed by atoms with Gasteiger partial charge in [-0.2, -0.15) is 0 Å². The van der Waals surface area contributed by atoms with E-state index < -0.39 is 0 Å². The van der Waals surface area contributed by atoms with Crippen molar-refractivity contribution >= 4 is 40.9 Å². The van der Waals surface area contributed by atoms with E-state index in [1.54, 1.807) is 36.4 Å². The quantitative estimate of drug-likeness (QED) is 0.662. The lowest BCUT2D eigenvalue weighted by molar-refractivity contribution is -0.122. The number of phenolic OH excluding ortho intramolecular Hbond substituents is 1. The van der Waals surface area contributed by atoms with Gasteiger partial charge in [0, 0.05) is 5.02 Å². The third kappa shape index (κ3) is 3.36. The molecule has 0 saturated carbocycles. The minimum atomic E-state index is -0.224. The number of halogens is 1. The number of carbonyl (C=O) groups excluding carboxylic acids is 1. The topological polar surface area (TPSA) is 52.6 Å². The predicted molar refractivity (Wildman–Crippen MR) is 93.8 cm³/mol. The molecule has 0 aliphatic carbocycles. The van der Waals surface area contributed by atoms with Crippen LogP contribution in [0.25, 0.3) is 6.08 Å². The van der Waals surface area contributed by atoms with E-state index in [1.807, 2.05) is 18.2 Å². The lowest BCUT2D eigenvalue weighted by Crippen LogP contribution is -2.30. The largest absolute Gasteiger partial charge is 0.508 e. The van der Waals surface area contributed by atoms with E-state index in [-0.39, 0.29) is 11.7 Å². The first-order valence-corrected chi connectivity index (χ1v) is 7.70. The fraction of sp³-hybridized carbons (Fsp3) is 0.0588. The third-order valence-corrected chi connectivity index (χ3v) is 4.12. The van der Waals surface area contributed by atoms with E-state index in [1.165, 1.54) is 4.90 Å². The van der Waals surface area contributed by atoms with E-state index in [9.17, 15) is 9.90 Å². The van der Waals surface area contributed by atoms with Crippen LogP contribution in [0.5, 0.6) is 5.75 Å². The van der Waals surface area contributed by atoms with Crippen LogP contribution < -0.4 is 5.32 Å². The highest BCUT2D eigenvalue weighted by Gasteiger charge is 2.30. The van der Waals surface area contributed by atoms with Gasteiger partial charge in [0.05, 0.1) is 6.54 Å². The van der Waals surface area contributed by atoms with Crippen molar-refractivity contribution in [3.05, 3.63) is 70.4 Å². The molecule has 3 rings (SSSR count). The number of thiocarbonyl (C=S) groups is 1. The van der Waals surface area contributed by atoms with Crippen LogP contribution in [0.2, 0.25) is 5.02 Å². The van der Waals surface area contributed by atoms with Crippen molar-refractivity contribution in [1.82, 2.24) is 10.2 Å². The summed E-state index contributed by atoms with van der Waals surface area (Å²) in [6.07, 6.45) is 1.65. The number of benzene rings is 2. The van der Waals surface area contributed by atoms with Gasteiger partial charge in [-0.15, -0.1) is 0 Å². The van der Waals surface area contributed by atoms with Gasteiger partial charge in [0.2, 0.25) is 0 Å². The Bertz CT molecular complexity index is 820.